The standard InChI is InChI=1S/C24H18FNO3/c25-19-7-3-1-5-16(19)13-26-20-8-4-2-6-17(20)24(23(26)27)14-29-22-12-21-15(9-10-28-21)11-18(22)24/h1-8,11-12H,9-10,13-14H2. The lowest BCUT2D eigenvalue weighted by Crippen LogP contribution is -2.42. The maximum atomic E-state index is 14.3. The van der Waals surface area contributed by atoms with Crippen LogP contribution >= 0.6 is 0 Å². The van der Waals surface area contributed by atoms with Gasteiger partial charge in [-0.15, -0.1) is 0 Å². The third kappa shape index (κ3) is 2.15. The van der Waals surface area contributed by atoms with E-state index in [1.807, 2.05) is 30.3 Å². The zero-order valence-electron chi connectivity index (χ0n) is 15.7. The van der Waals surface area contributed by atoms with E-state index < -0.39 is 5.41 Å². The Balaban J connectivity index is 1.51. The monoisotopic (exact) mass is 387 g/mol. The molecule has 6 rings (SSSR count). The van der Waals surface area contributed by atoms with Crippen molar-refractivity contribution in [3.63, 3.8) is 0 Å². The molecule has 3 aromatic rings. The van der Waals surface area contributed by atoms with Crippen LogP contribution in [-0.2, 0) is 23.2 Å². The number of ether oxygens (including phenoxy) is 2. The van der Waals surface area contributed by atoms with Crippen LogP contribution in [0.25, 0.3) is 0 Å². The van der Waals surface area contributed by atoms with Crippen LogP contribution < -0.4 is 14.4 Å². The number of carbonyl (C=O) groups excluding carboxylic acids is 1. The fourth-order valence-corrected chi connectivity index (χ4v) is 4.80. The molecular formula is C24H18FNO3. The largest absolute Gasteiger partial charge is 0.493 e. The minimum Gasteiger partial charge on any atom is -0.493 e. The van der Waals surface area contributed by atoms with Gasteiger partial charge in [-0.25, -0.2) is 4.39 Å². The summed E-state index contributed by atoms with van der Waals surface area (Å²) in [6.07, 6.45) is 0.827. The summed E-state index contributed by atoms with van der Waals surface area (Å²) < 4.78 is 26.0. The van der Waals surface area contributed by atoms with E-state index in [1.54, 1.807) is 23.1 Å². The Kier molecular flexibility index (Phi) is 3.34. The minimum absolute atomic E-state index is 0.0698. The van der Waals surface area contributed by atoms with Crippen molar-refractivity contribution < 1.29 is 18.7 Å². The number of para-hydroxylation sites is 1. The van der Waals surface area contributed by atoms with Gasteiger partial charge in [-0.3, -0.25) is 4.79 Å². The van der Waals surface area contributed by atoms with Crippen LogP contribution in [0.5, 0.6) is 11.5 Å². The molecule has 3 aliphatic rings. The molecule has 1 amide bonds. The molecule has 3 aromatic carbocycles. The molecule has 0 fully saturated rings. The summed E-state index contributed by atoms with van der Waals surface area (Å²) in [7, 11) is 0. The molecular weight excluding hydrogens is 369 g/mol. The fourth-order valence-electron chi connectivity index (χ4n) is 4.80. The number of benzene rings is 3. The van der Waals surface area contributed by atoms with Gasteiger partial charge in [-0.1, -0.05) is 36.4 Å². The van der Waals surface area contributed by atoms with Crippen LogP contribution in [0.4, 0.5) is 10.1 Å². The number of halogens is 1. The maximum Gasteiger partial charge on any atom is 0.246 e. The summed E-state index contributed by atoms with van der Waals surface area (Å²) >= 11 is 0. The molecule has 5 heteroatoms. The lowest BCUT2D eigenvalue weighted by Gasteiger charge is -2.23. The van der Waals surface area contributed by atoms with Crippen LogP contribution in [0.1, 0.15) is 22.3 Å². The van der Waals surface area contributed by atoms with Crippen molar-refractivity contribution in [3.8, 4) is 11.5 Å². The van der Waals surface area contributed by atoms with Gasteiger partial charge in [0.15, 0.2) is 0 Å². The van der Waals surface area contributed by atoms with Gasteiger partial charge in [-0.2, -0.15) is 0 Å². The number of anilines is 1. The predicted molar refractivity (Wildman–Crippen MR) is 106 cm³/mol. The van der Waals surface area contributed by atoms with Crippen LogP contribution in [0.3, 0.4) is 0 Å². The predicted octanol–water partition coefficient (Wildman–Crippen LogP) is 3.99. The number of hydrogen-bond acceptors (Lipinski definition) is 3. The summed E-state index contributed by atoms with van der Waals surface area (Å²) in [5.41, 5.74) is 3.32. The first-order valence-electron chi connectivity index (χ1n) is 9.76. The highest BCUT2D eigenvalue weighted by Gasteiger charge is 2.57. The van der Waals surface area contributed by atoms with Gasteiger partial charge in [-0.05, 0) is 29.3 Å². The molecule has 0 radical (unpaired) electrons. The molecule has 1 unspecified atom stereocenters. The number of amides is 1. The van der Waals surface area contributed by atoms with Crippen molar-refractivity contribution in [2.45, 2.75) is 18.4 Å². The minimum atomic E-state index is -0.894. The molecule has 4 nitrogen and oxygen atoms in total. The van der Waals surface area contributed by atoms with Crippen LogP contribution in [0, 0.1) is 5.82 Å². The van der Waals surface area contributed by atoms with E-state index >= 15 is 0 Å². The van der Waals surface area contributed by atoms with Crippen molar-refractivity contribution in [2.75, 3.05) is 18.1 Å². The Hall–Kier alpha value is -3.34. The maximum absolute atomic E-state index is 14.3. The summed E-state index contributed by atoms with van der Waals surface area (Å²) in [6, 6.07) is 18.3. The summed E-state index contributed by atoms with van der Waals surface area (Å²) in [6.45, 7) is 1.08. The third-order valence-corrected chi connectivity index (χ3v) is 6.25. The van der Waals surface area contributed by atoms with Crippen molar-refractivity contribution in [1.29, 1.82) is 0 Å². The summed E-state index contributed by atoms with van der Waals surface area (Å²) in [5.74, 6) is 1.15. The van der Waals surface area contributed by atoms with E-state index in [0.717, 1.165) is 34.5 Å². The number of hydrogen-bond donors (Lipinski definition) is 0. The Morgan fingerprint density at radius 3 is 2.69 bits per heavy atom. The Bertz CT molecular complexity index is 1170. The smallest absolute Gasteiger partial charge is 0.246 e. The molecule has 144 valence electrons. The van der Waals surface area contributed by atoms with Crippen LogP contribution in [0.15, 0.2) is 60.7 Å². The van der Waals surface area contributed by atoms with E-state index in [1.165, 1.54) is 6.07 Å². The lowest BCUT2D eigenvalue weighted by atomic mass is 9.76. The van der Waals surface area contributed by atoms with Gasteiger partial charge in [0, 0.05) is 29.3 Å². The summed E-state index contributed by atoms with van der Waals surface area (Å²) in [4.78, 5) is 15.5. The molecule has 1 spiro atoms. The molecule has 0 saturated heterocycles. The summed E-state index contributed by atoms with van der Waals surface area (Å²) in [5, 5.41) is 0. The highest BCUT2D eigenvalue weighted by molar-refractivity contribution is 6.11. The topological polar surface area (TPSA) is 38.8 Å². The van der Waals surface area contributed by atoms with Crippen molar-refractivity contribution in [3.05, 3.63) is 88.7 Å². The quantitative estimate of drug-likeness (QED) is 0.668. The average molecular weight is 387 g/mol. The highest BCUT2D eigenvalue weighted by Crippen LogP contribution is 2.54. The molecule has 0 saturated carbocycles. The SMILES string of the molecule is O=C1N(Cc2ccccc2F)c2ccccc2C12COc1cc3c(cc12)CCO3. The molecule has 0 bridgehead atoms. The molecule has 29 heavy (non-hydrogen) atoms. The van der Waals surface area contributed by atoms with Gasteiger partial charge < -0.3 is 14.4 Å². The van der Waals surface area contributed by atoms with Gasteiger partial charge in [0.05, 0.1) is 13.2 Å². The molecule has 0 aromatic heterocycles. The Morgan fingerprint density at radius 2 is 1.79 bits per heavy atom. The van der Waals surface area contributed by atoms with Gasteiger partial charge in [0.2, 0.25) is 5.91 Å². The third-order valence-electron chi connectivity index (χ3n) is 6.25. The van der Waals surface area contributed by atoms with E-state index in [-0.39, 0.29) is 24.9 Å². The Morgan fingerprint density at radius 1 is 0.966 bits per heavy atom. The van der Waals surface area contributed by atoms with Gasteiger partial charge in [0.1, 0.15) is 29.3 Å². The number of nitrogens with zero attached hydrogens (tertiary/aromatic N) is 1. The van der Waals surface area contributed by atoms with Gasteiger partial charge >= 0.3 is 0 Å². The Labute approximate surface area is 167 Å². The molecule has 3 heterocycles. The van der Waals surface area contributed by atoms with E-state index in [2.05, 4.69) is 6.07 Å². The second kappa shape index (κ2) is 5.83. The zero-order valence-corrected chi connectivity index (χ0v) is 15.7. The van der Waals surface area contributed by atoms with Crippen molar-refractivity contribution in [2.24, 2.45) is 0 Å². The second-order valence-electron chi connectivity index (χ2n) is 7.75. The number of rotatable bonds is 2. The number of fused-ring (bicyclic) bond motifs is 5. The number of carbonyl (C=O) groups is 1. The molecule has 3 aliphatic heterocycles. The first-order chi connectivity index (χ1) is 14.2. The van der Waals surface area contributed by atoms with Crippen molar-refractivity contribution in [1.82, 2.24) is 0 Å². The fraction of sp³-hybridized carbons (Fsp3) is 0.208. The molecule has 0 aliphatic carbocycles. The van der Waals surface area contributed by atoms with Crippen LogP contribution in [0.2, 0.25) is 0 Å². The van der Waals surface area contributed by atoms with E-state index in [0.29, 0.717) is 17.9 Å². The normalized spacial score (nSPS) is 21.0. The van der Waals surface area contributed by atoms with E-state index in [9.17, 15) is 9.18 Å². The second-order valence-corrected chi connectivity index (χ2v) is 7.75. The highest BCUT2D eigenvalue weighted by atomic mass is 19.1. The zero-order chi connectivity index (χ0) is 19.6. The first kappa shape index (κ1) is 16.6. The molecule has 0 N–H and O–H groups in total. The lowest BCUT2D eigenvalue weighted by molar-refractivity contribution is -0.122. The average Bonchev–Trinajstić information content (AvgIpc) is 3.41. The molecule has 1 atom stereocenters. The van der Waals surface area contributed by atoms with Gasteiger partial charge in [0.25, 0.3) is 0 Å². The van der Waals surface area contributed by atoms with E-state index in [4.69, 9.17) is 9.47 Å². The van der Waals surface area contributed by atoms with Crippen molar-refractivity contribution >= 4 is 11.6 Å². The van der Waals surface area contributed by atoms with Crippen LogP contribution in [-0.4, -0.2) is 19.1 Å². The first-order valence-corrected chi connectivity index (χ1v) is 9.76.